The molecule has 0 amide bonds. The Bertz CT molecular complexity index is 1070. The van der Waals surface area contributed by atoms with E-state index in [9.17, 15) is 9.90 Å². The van der Waals surface area contributed by atoms with Gasteiger partial charge in [-0.2, -0.15) is 5.10 Å². The van der Waals surface area contributed by atoms with Crippen LogP contribution in [0.4, 0.5) is 0 Å². The third-order valence-corrected chi connectivity index (χ3v) is 4.02. The van der Waals surface area contributed by atoms with Crippen molar-refractivity contribution in [3.8, 4) is 11.3 Å². The van der Waals surface area contributed by atoms with Crippen LogP contribution in [0.15, 0.2) is 47.2 Å². The molecule has 4 rings (SSSR count). The van der Waals surface area contributed by atoms with Gasteiger partial charge in [0.25, 0.3) is 0 Å². The molecule has 0 N–H and O–H groups in total. The van der Waals surface area contributed by atoms with Crippen molar-refractivity contribution in [3.05, 3.63) is 48.5 Å². The van der Waals surface area contributed by atoms with Gasteiger partial charge in [-0.25, -0.2) is 0 Å². The number of carboxylic acids is 1. The third-order valence-electron chi connectivity index (χ3n) is 4.02. The maximum Gasteiger partial charge on any atom is 1.00 e. The minimum atomic E-state index is -1.29. The molecule has 0 aliphatic rings. The Morgan fingerprint density at radius 2 is 2.08 bits per heavy atom. The van der Waals surface area contributed by atoms with Gasteiger partial charge in [-0.3, -0.25) is 9.67 Å². The Balaban J connectivity index is 0.00000182. The molecule has 3 aromatic heterocycles. The number of hydrogen-bond donors (Lipinski definition) is 0. The first-order chi connectivity index (χ1) is 11.7. The summed E-state index contributed by atoms with van der Waals surface area (Å²) in [5.74, 6) is -1.29. The minimum Gasteiger partial charge on any atom is -0.543 e. The summed E-state index contributed by atoms with van der Waals surface area (Å²) >= 11 is 0. The number of hydrogen-bond acceptors (Lipinski definition) is 5. The molecule has 4 aromatic rings. The van der Waals surface area contributed by atoms with Gasteiger partial charge in [0.05, 0.1) is 17.2 Å². The van der Waals surface area contributed by atoms with Crippen molar-refractivity contribution >= 4 is 27.8 Å². The fraction of sp³-hybridized carbons (Fsp3) is 0.167. The molecule has 3 heterocycles. The first-order valence-electron chi connectivity index (χ1n) is 7.73. The SMILES string of the molecule is CCCn1nc(-c2coc3ccccc23)c2cnc(C(=O)[O-])cc21.[Li+]. The first kappa shape index (κ1) is 17.3. The molecule has 120 valence electrons. The summed E-state index contributed by atoms with van der Waals surface area (Å²) < 4.78 is 7.42. The van der Waals surface area contributed by atoms with Crippen LogP contribution in [0.3, 0.4) is 0 Å². The van der Waals surface area contributed by atoms with Crippen LogP contribution in [-0.2, 0) is 6.54 Å². The predicted octanol–water partition coefficient (Wildman–Crippen LogP) is -0.378. The van der Waals surface area contributed by atoms with Gasteiger partial charge in [-0.05, 0) is 18.6 Å². The second-order valence-corrected chi connectivity index (χ2v) is 5.59. The van der Waals surface area contributed by atoms with Crippen molar-refractivity contribution in [1.29, 1.82) is 0 Å². The van der Waals surface area contributed by atoms with E-state index < -0.39 is 5.97 Å². The van der Waals surface area contributed by atoms with E-state index in [2.05, 4.69) is 10.1 Å². The number of fused-ring (bicyclic) bond motifs is 2. The number of nitrogens with zero attached hydrogens (tertiary/aromatic N) is 3. The Hall–Kier alpha value is -2.55. The summed E-state index contributed by atoms with van der Waals surface area (Å²) in [6.45, 7) is 2.73. The largest absolute Gasteiger partial charge is 1.00 e. The number of benzene rings is 1. The van der Waals surface area contributed by atoms with Crippen LogP contribution in [0.1, 0.15) is 23.8 Å². The molecule has 0 atom stereocenters. The van der Waals surface area contributed by atoms with Crippen molar-refractivity contribution in [2.45, 2.75) is 19.9 Å². The average Bonchev–Trinajstić information content (AvgIpc) is 3.16. The van der Waals surface area contributed by atoms with E-state index >= 15 is 0 Å². The van der Waals surface area contributed by atoms with Gasteiger partial charge in [-0.1, -0.05) is 25.1 Å². The molecule has 25 heavy (non-hydrogen) atoms. The first-order valence-corrected chi connectivity index (χ1v) is 7.73. The van der Waals surface area contributed by atoms with Crippen LogP contribution in [0.25, 0.3) is 33.1 Å². The maximum absolute atomic E-state index is 11.1. The number of aryl methyl sites for hydroxylation is 1. The van der Waals surface area contributed by atoms with Crippen LogP contribution >= 0.6 is 0 Å². The van der Waals surface area contributed by atoms with Crippen molar-refractivity contribution in [2.24, 2.45) is 0 Å². The topological polar surface area (TPSA) is 84.0 Å². The fourth-order valence-electron chi connectivity index (χ4n) is 2.92. The molecule has 0 saturated heterocycles. The number of rotatable bonds is 4. The summed E-state index contributed by atoms with van der Waals surface area (Å²) in [6, 6.07) is 9.24. The summed E-state index contributed by atoms with van der Waals surface area (Å²) in [7, 11) is 0. The van der Waals surface area contributed by atoms with Gasteiger partial charge in [0.15, 0.2) is 0 Å². The Morgan fingerprint density at radius 3 is 2.84 bits per heavy atom. The van der Waals surface area contributed by atoms with Gasteiger partial charge in [0.1, 0.15) is 17.5 Å². The fourth-order valence-corrected chi connectivity index (χ4v) is 2.92. The van der Waals surface area contributed by atoms with Gasteiger partial charge >= 0.3 is 18.9 Å². The minimum absolute atomic E-state index is 0. The zero-order valence-corrected chi connectivity index (χ0v) is 14.0. The molecule has 0 aliphatic carbocycles. The number of para-hydroxylation sites is 1. The van der Waals surface area contributed by atoms with E-state index in [0.29, 0.717) is 6.54 Å². The normalized spacial score (nSPS) is 10.9. The summed E-state index contributed by atoms with van der Waals surface area (Å²) in [4.78, 5) is 15.1. The quantitative estimate of drug-likeness (QED) is 0.477. The number of carboxylic acid groups (broad SMARTS) is 1. The van der Waals surface area contributed by atoms with Crippen LogP contribution in [0, 0.1) is 0 Å². The van der Waals surface area contributed by atoms with E-state index in [1.165, 1.54) is 12.3 Å². The number of pyridine rings is 1. The summed E-state index contributed by atoms with van der Waals surface area (Å²) in [5, 5.41) is 17.5. The predicted molar refractivity (Wildman–Crippen MR) is 87.4 cm³/mol. The van der Waals surface area contributed by atoms with Crippen LogP contribution in [0.5, 0.6) is 0 Å². The van der Waals surface area contributed by atoms with E-state index in [4.69, 9.17) is 4.42 Å². The van der Waals surface area contributed by atoms with Crippen molar-refractivity contribution in [2.75, 3.05) is 0 Å². The Labute approximate surface area is 155 Å². The van der Waals surface area contributed by atoms with Gasteiger partial charge in [0.2, 0.25) is 0 Å². The van der Waals surface area contributed by atoms with Crippen molar-refractivity contribution < 1.29 is 33.2 Å². The number of aromatic carboxylic acids is 1. The van der Waals surface area contributed by atoms with E-state index in [1.807, 2.05) is 31.2 Å². The second kappa shape index (κ2) is 6.75. The zero-order valence-electron chi connectivity index (χ0n) is 14.0. The van der Waals surface area contributed by atoms with E-state index in [0.717, 1.165) is 39.6 Å². The molecule has 0 radical (unpaired) electrons. The van der Waals surface area contributed by atoms with E-state index in [-0.39, 0.29) is 24.6 Å². The van der Waals surface area contributed by atoms with Crippen molar-refractivity contribution in [3.63, 3.8) is 0 Å². The Morgan fingerprint density at radius 1 is 1.28 bits per heavy atom. The molecule has 0 aliphatic heterocycles. The molecule has 1 aromatic carbocycles. The number of aromatic nitrogens is 3. The third kappa shape index (κ3) is 2.84. The summed E-state index contributed by atoms with van der Waals surface area (Å²) in [6.07, 6.45) is 4.09. The van der Waals surface area contributed by atoms with E-state index in [1.54, 1.807) is 10.9 Å². The average molecular weight is 327 g/mol. The molecule has 6 nitrogen and oxygen atoms in total. The molecule has 0 spiro atoms. The molecule has 0 unspecified atom stereocenters. The second-order valence-electron chi connectivity index (χ2n) is 5.59. The van der Waals surface area contributed by atoms with Crippen LogP contribution in [-0.4, -0.2) is 20.7 Å². The summed E-state index contributed by atoms with van der Waals surface area (Å²) in [5.41, 5.74) is 3.02. The zero-order chi connectivity index (χ0) is 16.7. The van der Waals surface area contributed by atoms with Gasteiger partial charge in [-0.15, -0.1) is 0 Å². The number of carbonyl (C=O) groups excluding carboxylic acids is 1. The molecule has 7 heteroatoms. The monoisotopic (exact) mass is 327 g/mol. The van der Waals surface area contributed by atoms with Crippen LogP contribution < -0.4 is 24.0 Å². The molecule has 0 saturated carbocycles. The van der Waals surface area contributed by atoms with Gasteiger partial charge < -0.3 is 14.3 Å². The molecule has 0 bridgehead atoms. The number of furan rings is 1. The van der Waals surface area contributed by atoms with Crippen molar-refractivity contribution in [1.82, 2.24) is 14.8 Å². The molecular formula is C18H14LiN3O3. The maximum atomic E-state index is 11.1. The van der Waals surface area contributed by atoms with Gasteiger partial charge in [0, 0.05) is 29.1 Å². The number of carbonyl (C=O) groups is 1. The smallest absolute Gasteiger partial charge is 0.543 e. The van der Waals surface area contributed by atoms with Crippen LogP contribution in [0.2, 0.25) is 0 Å². The molecule has 0 fully saturated rings. The molecular weight excluding hydrogens is 313 g/mol. The Kier molecular flexibility index (Phi) is 4.66. The standard InChI is InChI=1S/C18H15N3O3.Li/c1-2-7-21-15-8-14(18(22)23)19-9-12(15)17(20-21)13-10-24-16-6-4-3-5-11(13)16;/h3-6,8-10H,2,7H2,1H3,(H,22,23);/q;+1/p-1.